The van der Waals surface area contributed by atoms with E-state index in [1.54, 1.807) is 0 Å². The standard InChI is InChI=1S/C8H6.K/c1-2-8-6-4-3-5-7-8;/h1,3-7H;. The Morgan fingerprint density at radius 1 is 1.11 bits per heavy atom. The van der Waals surface area contributed by atoms with Crippen molar-refractivity contribution in [3.05, 3.63) is 35.9 Å². The molecule has 0 nitrogen and oxygen atoms in total. The van der Waals surface area contributed by atoms with Gasteiger partial charge < -0.3 is 0 Å². The minimum atomic E-state index is 0. The maximum atomic E-state index is 5.10. The molecule has 1 rings (SSSR count). The van der Waals surface area contributed by atoms with Crippen LogP contribution in [0.15, 0.2) is 30.3 Å². The number of benzene rings is 1. The summed E-state index contributed by atoms with van der Waals surface area (Å²) in [7, 11) is 0. The monoisotopic (exact) mass is 141 g/mol. The van der Waals surface area contributed by atoms with E-state index >= 15 is 0 Å². The van der Waals surface area contributed by atoms with Gasteiger partial charge in [-0.25, -0.2) is 0 Å². The Hall–Kier alpha value is 0.416. The van der Waals surface area contributed by atoms with Crippen molar-refractivity contribution in [1.29, 1.82) is 0 Å². The second-order valence-corrected chi connectivity index (χ2v) is 1.51. The van der Waals surface area contributed by atoms with Crippen LogP contribution in [0, 0.1) is 12.3 Å². The van der Waals surface area contributed by atoms with Crippen LogP contribution in [0.25, 0.3) is 0 Å². The summed E-state index contributed by atoms with van der Waals surface area (Å²) in [6, 6.07) is 9.60. The van der Waals surface area contributed by atoms with Crippen LogP contribution in [-0.4, -0.2) is 51.4 Å². The molecule has 0 spiro atoms. The number of terminal acetylenes is 1. The molecule has 0 unspecified atom stereocenters. The van der Waals surface area contributed by atoms with Gasteiger partial charge >= 0.3 is 0 Å². The average molecular weight is 141 g/mol. The maximum Gasteiger partial charge on any atom is 0.0242 e. The van der Waals surface area contributed by atoms with E-state index in [1.807, 2.05) is 30.3 Å². The smallest absolute Gasteiger partial charge is 0.0242 e. The van der Waals surface area contributed by atoms with Crippen molar-refractivity contribution >= 4 is 51.4 Å². The molecule has 0 aliphatic rings. The summed E-state index contributed by atoms with van der Waals surface area (Å²) in [5, 5.41) is 0. The van der Waals surface area contributed by atoms with Crippen molar-refractivity contribution in [3.63, 3.8) is 0 Å². The van der Waals surface area contributed by atoms with Crippen LogP contribution in [0.3, 0.4) is 0 Å². The van der Waals surface area contributed by atoms with Gasteiger partial charge in [0.05, 0.1) is 0 Å². The second-order valence-electron chi connectivity index (χ2n) is 1.51. The van der Waals surface area contributed by atoms with Crippen LogP contribution in [0.4, 0.5) is 0 Å². The first-order chi connectivity index (χ1) is 3.93. The second kappa shape index (κ2) is 5.22. The van der Waals surface area contributed by atoms with Crippen LogP contribution in [0.1, 0.15) is 5.56 Å². The largest absolute Gasteiger partial charge is 0.115 e. The van der Waals surface area contributed by atoms with E-state index < -0.39 is 0 Å². The molecular weight excluding hydrogens is 135 g/mol. The fraction of sp³-hybridized carbons (Fsp3) is 0. The minimum Gasteiger partial charge on any atom is -0.115 e. The molecule has 0 amide bonds. The number of rotatable bonds is 0. The van der Waals surface area contributed by atoms with Gasteiger partial charge in [0.1, 0.15) is 0 Å². The molecule has 0 saturated heterocycles. The molecule has 1 heteroatoms. The van der Waals surface area contributed by atoms with Gasteiger partial charge in [0, 0.05) is 56.9 Å². The molecule has 0 heterocycles. The van der Waals surface area contributed by atoms with Gasteiger partial charge in [-0.3, -0.25) is 0 Å². The molecule has 9 heavy (non-hydrogen) atoms. The van der Waals surface area contributed by atoms with E-state index in [0.29, 0.717) is 0 Å². The van der Waals surface area contributed by atoms with Crippen LogP contribution in [0.5, 0.6) is 0 Å². The number of hydrogen-bond acceptors (Lipinski definition) is 0. The molecule has 0 saturated carbocycles. The normalized spacial score (nSPS) is 7.00. The first-order valence-electron chi connectivity index (χ1n) is 2.45. The third-order valence-electron chi connectivity index (χ3n) is 0.940. The summed E-state index contributed by atoms with van der Waals surface area (Å²) >= 11 is 0. The molecule has 1 aromatic carbocycles. The number of hydrogen-bond donors (Lipinski definition) is 0. The Morgan fingerprint density at radius 3 is 2.00 bits per heavy atom. The van der Waals surface area contributed by atoms with Gasteiger partial charge in [-0.15, -0.1) is 6.42 Å². The Kier molecular flexibility index (Phi) is 5.46. The minimum absolute atomic E-state index is 0. The van der Waals surface area contributed by atoms with Crippen LogP contribution in [0.2, 0.25) is 0 Å². The van der Waals surface area contributed by atoms with Crippen molar-refractivity contribution < 1.29 is 0 Å². The third-order valence-corrected chi connectivity index (χ3v) is 0.940. The Balaban J connectivity index is 0.000000640. The van der Waals surface area contributed by atoms with Crippen LogP contribution in [-0.2, 0) is 0 Å². The fourth-order valence-electron chi connectivity index (χ4n) is 0.534. The maximum absolute atomic E-state index is 5.10. The summed E-state index contributed by atoms with van der Waals surface area (Å²) in [5.74, 6) is 2.53. The van der Waals surface area contributed by atoms with Crippen molar-refractivity contribution in [3.8, 4) is 12.3 Å². The van der Waals surface area contributed by atoms with Gasteiger partial charge in [0.25, 0.3) is 0 Å². The topological polar surface area (TPSA) is 0 Å². The fourth-order valence-corrected chi connectivity index (χ4v) is 0.534. The first-order valence-corrected chi connectivity index (χ1v) is 2.45. The summed E-state index contributed by atoms with van der Waals surface area (Å²) in [4.78, 5) is 0. The zero-order valence-electron chi connectivity index (χ0n) is 5.46. The summed E-state index contributed by atoms with van der Waals surface area (Å²) in [6.07, 6.45) is 5.10. The predicted octanol–water partition coefficient (Wildman–Crippen LogP) is 1.29. The SMILES string of the molecule is C#Cc1ccccc1.[K]. The van der Waals surface area contributed by atoms with Gasteiger partial charge in [0.2, 0.25) is 0 Å². The zero-order chi connectivity index (χ0) is 5.82. The van der Waals surface area contributed by atoms with Crippen molar-refractivity contribution in [2.45, 2.75) is 0 Å². The molecule has 1 aromatic rings. The molecule has 0 N–H and O–H groups in total. The van der Waals surface area contributed by atoms with Crippen LogP contribution < -0.4 is 0 Å². The Bertz CT molecular complexity index is 196. The quantitative estimate of drug-likeness (QED) is 0.377. The third kappa shape index (κ3) is 3.19. The molecular formula is C8H6K. The van der Waals surface area contributed by atoms with Crippen molar-refractivity contribution in [2.24, 2.45) is 0 Å². The van der Waals surface area contributed by atoms with E-state index in [4.69, 9.17) is 6.42 Å². The van der Waals surface area contributed by atoms with E-state index in [9.17, 15) is 0 Å². The Morgan fingerprint density at radius 2 is 1.67 bits per heavy atom. The molecule has 39 valence electrons. The first kappa shape index (κ1) is 9.42. The molecule has 0 atom stereocenters. The summed E-state index contributed by atoms with van der Waals surface area (Å²) in [6.45, 7) is 0. The van der Waals surface area contributed by atoms with Gasteiger partial charge in [-0.05, 0) is 12.1 Å². The van der Waals surface area contributed by atoms with Gasteiger partial charge in [-0.1, -0.05) is 24.1 Å². The Labute approximate surface area is 98.1 Å². The van der Waals surface area contributed by atoms with Gasteiger partial charge in [0.15, 0.2) is 0 Å². The van der Waals surface area contributed by atoms with E-state index in [2.05, 4.69) is 5.92 Å². The van der Waals surface area contributed by atoms with Crippen molar-refractivity contribution in [1.82, 2.24) is 0 Å². The molecule has 0 aromatic heterocycles. The van der Waals surface area contributed by atoms with E-state index in [1.165, 1.54) is 0 Å². The summed E-state index contributed by atoms with van der Waals surface area (Å²) in [5.41, 5.74) is 0.938. The molecule has 0 aliphatic heterocycles. The predicted molar refractivity (Wildman–Crippen MR) is 40.1 cm³/mol. The molecule has 0 fully saturated rings. The average Bonchev–Trinajstić information content (AvgIpc) is 1.90. The van der Waals surface area contributed by atoms with E-state index in [-0.39, 0.29) is 51.4 Å². The summed E-state index contributed by atoms with van der Waals surface area (Å²) < 4.78 is 0. The van der Waals surface area contributed by atoms with Crippen molar-refractivity contribution in [2.75, 3.05) is 0 Å². The molecule has 0 bridgehead atoms. The van der Waals surface area contributed by atoms with Gasteiger partial charge in [-0.2, -0.15) is 0 Å². The molecule has 1 radical (unpaired) electrons. The molecule has 0 aliphatic carbocycles. The van der Waals surface area contributed by atoms with Crippen LogP contribution >= 0.6 is 0 Å². The van der Waals surface area contributed by atoms with E-state index in [0.717, 1.165) is 5.56 Å². The zero-order valence-corrected chi connectivity index (χ0v) is 8.59.